The van der Waals surface area contributed by atoms with Crippen molar-refractivity contribution in [3.8, 4) is 0 Å². The third-order valence-corrected chi connectivity index (χ3v) is 4.42. The van der Waals surface area contributed by atoms with Gasteiger partial charge in [-0.1, -0.05) is 19.3 Å². The highest BCUT2D eigenvalue weighted by Crippen LogP contribution is 2.19. The number of primary amides is 1. The summed E-state index contributed by atoms with van der Waals surface area (Å²) in [6, 6.07) is 0.528. The smallest absolute Gasteiger partial charge is 0.222 e. The minimum atomic E-state index is -0.194. The molecule has 1 saturated carbocycles. The van der Waals surface area contributed by atoms with Gasteiger partial charge in [-0.3, -0.25) is 4.79 Å². The minimum Gasteiger partial charge on any atom is -0.369 e. The topological polar surface area (TPSA) is 58.4 Å². The maximum atomic E-state index is 11.2. The second-order valence-corrected chi connectivity index (χ2v) is 5.86. The summed E-state index contributed by atoms with van der Waals surface area (Å²) in [5, 5.41) is 4.27. The van der Waals surface area contributed by atoms with Gasteiger partial charge in [-0.05, 0) is 37.9 Å². The fraction of sp³-hybridized carbons (Fsp3) is 0.846. The average molecular weight is 269 g/mol. The number of amides is 1. The van der Waals surface area contributed by atoms with Gasteiger partial charge in [-0.25, -0.2) is 0 Å². The molecule has 0 unspecified atom stereocenters. The van der Waals surface area contributed by atoms with Crippen LogP contribution in [0.5, 0.6) is 0 Å². The molecule has 2 fully saturated rings. The Kier molecular flexibility index (Phi) is 4.80. The molecule has 1 saturated heterocycles. The van der Waals surface area contributed by atoms with E-state index in [0.717, 1.165) is 24.5 Å². The van der Waals surface area contributed by atoms with Gasteiger partial charge in [0.2, 0.25) is 5.91 Å². The van der Waals surface area contributed by atoms with Crippen LogP contribution in [0.4, 0.5) is 0 Å². The minimum absolute atomic E-state index is 0.0372. The van der Waals surface area contributed by atoms with Crippen LogP contribution in [-0.4, -0.2) is 35.1 Å². The molecule has 1 aliphatic heterocycles. The van der Waals surface area contributed by atoms with Crippen LogP contribution < -0.4 is 11.1 Å². The number of carbonyl (C=O) groups is 1. The number of nitrogens with one attached hydrogen (secondary N) is 1. The summed E-state index contributed by atoms with van der Waals surface area (Å²) in [4.78, 5) is 13.4. The highest BCUT2D eigenvalue weighted by Gasteiger charge is 2.26. The standard InChI is InChI=1S/C13H23N3OS/c14-12(17)10-5-4-8-16(9-10)13(18)15-11-6-2-1-3-7-11/h10-11H,1-9H2,(H2,14,17)(H,15,18)/t10-/m1/s1. The van der Waals surface area contributed by atoms with E-state index in [1.165, 1.54) is 32.1 Å². The Morgan fingerprint density at radius 1 is 1.17 bits per heavy atom. The number of piperidine rings is 1. The summed E-state index contributed by atoms with van der Waals surface area (Å²) in [5.41, 5.74) is 5.38. The quantitative estimate of drug-likeness (QED) is 0.744. The molecule has 0 spiro atoms. The largest absolute Gasteiger partial charge is 0.369 e. The van der Waals surface area contributed by atoms with E-state index in [4.69, 9.17) is 18.0 Å². The van der Waals surface area contributed by atoms with Gasteiger partial charge in [-0.15, -0.1) is 0 Å². The van der Waals surface area contributed by atoms with Crippen LogP contribution in [0.2, 0.25) is 0 Å². The first kappa shape index (κ1) is 13.6. The van der Waals surface area contributed by atoms with Gasteiger partial charge in [0, 0.05) is 19.1 Å². The lowest BCUT2D eigenvalue weighted by atomic mass is 9.95. The molecule has 5 heteroatoms. The first-order valence-corrected chi connectivity index (χ1v) is 7.42. The van der Waals surface area contributed by atoms with E-state index in [1.807, 2.05) is 0 Å². The van der Waals surface area contributed by atoms with Gasteiger partial charge < -0.3 is 16.0 Å². The van der Waals surface area contributed by atoms with E-state index in [-0.39, 0.29) is 11.8 Å². The first-order valence-electron chi connectivity index (χ1n) is 7.01. The summed E-state index contributed by atoms with van der Waals surface area (Å²) in [6.45, 7) is 1.64. The maximum Gasteiger partial charge on any atom is 0.222 e. The number of likely N-dealkylation sites (tertiary alicyclic amines) is 1. The number of nitrogens with two attached hydrogens (primary N) is 1. The maximum absolute atomic E-state index is 11.2. The number of hydrogen-bond donors (Lipinski definition) is 2. The molecule has 18 heavy (non-hydrogen) atoms. The van der Waals surface area contributed by atoms with Crippen molar-refractivity contribution in [3.63, 3.8) is 0 Å². The fourth-order valence-electron chi connectivity index (χ4n) is 2.91. The normalized spacial score (nSPS) is 25.8. The summed E-state index contributed by atoms with van der Waals surface area (Å²) in [6.07, 6.45) is 8.27. The van der Waals surface area contributed by atoms with Gasteiger partial charge in [0.15, 0.2) is 5.11 Å². The van der Waals surface area contributed by atoms with E-state index in [9.17, 15) is 4.79 Å². The van der Waals surface area contributed by atoms with Crippen molar-refractivity contribution in [1.82, 2.24) is 10.2 Å². The van der Waals surface area contributed by atoms with E-state index < -0.39 is 0 Å². The molecule has 2 rings (SSSR count). The highest BCUT2D eigenvalue weighted by molar-refractivity contribution is 7.80. The molecule has 1 amide bonds. The third kappa shape index (κ3) is 3.57. The van der Waals surface area contributed by atoms with Crippen LogP contribution >= 0.6 is 12.2 Å². The first-order chi connectivity index (χ1) is 8.66. The summed E-state index contributed by atoms with van der Waals surface area (Å²) in [5.74, 6) is -0.231. The monoisotopic (exact) mass is 269 g/mol. The molecule has 2 aliphatic rings. The molecule has 4 nitrogen and oxygen atoms in total. The van der Waals surface area contributed by atoms with Gasteiger partial charge in [-0.2, -0.15) is 0 Å². The molecule has 1 atom stereocenters. The zero-order chi connectivity index (χ0) is 13.0. The number of rotatable bonds is 2. The number of thiocarbonyl (C=S) groups is 1. The molecule has 1 heterocycles. The Morgan fingerprint density at radius 2 is 1.89 bits per heavy atom. The molecule has 102 valence electrons. The van der Waals surface area contributed by atoms with Gasteiger partial charge in [0.1, 0.15) is 0 Å². The Bertz CT molecular complexity index is 315. The lowest BCUT2D eigenvalue weighted by molar-refractivity contribution is -0.122. The zero-order valence-corrected chi connectivity index (χ0v) is 11.7. The van der Waals surface area contributed by atoms with Gasteiger partial charge in [0.25, 0.3) is 0 Å². The number of hydrogen-bond acceptors (Lipinski definition) is 2. The molecule has 0 aromatic carbocycles. The van der Waals surface area contributed by atoms with Crippen molar-refractivity contribution < 1.29 is 4.79 Å². The molecule has 0 aromatic rings. The van der Waals surface area contributed by atoms with Crippen LogP contribution in [0.25, 0.3) is 0 Å². The third-order valence-electron chi connectivity index (χ3n) is 4.04. The van der Waals surface area contributed by atoms with E-state index in [2.05, 4.69) is 10.2 Å². The number of nitrogens with zero attached hydrogens (tertiary/aromatic N) is 1. The van der Waals surface area contributed by atoms with Gasteiger partial charge >= 0.3 is 0 Å². The average Bonchev–Trinajstić information content (AvgIpc) is 2.40. The van der Waals surface area contributed by atoms with Crippen LogP contribution in [0, 0.1) is 5.92 Å². The Morgan fingerprint density at radius 3 is 2.56 bits per heavy atom. The molecular weight excluding hydrogens is 246 g/mol. The second kappa shape index (κ2) is 6.36. The Balaban J connectivity index is 1.82. The molecule has 0 aromatic heterocycles. The summed E-state index contributed by atoms with van der Waals surface area (Å²) < 4.78 is 0. The van der Waals surface area contributed by atoms with E-state index in [0.29, 0.717) is 12.6 Å². The highest BCUT2D eigenvalue weighted by atomic mass is 32.1. The van der Waals surface area contributed by atoms with Crippen LogP contribution in [0.15, 0.2) is 0 Å². The lowest BCUT2D eigenvalue weighted by Gasteiger charge is -2.35. The predicted molar refractivity (Wildman–Crippen MR) is 76.1 cm³/mol. The van der Waals surface area contributed by atoms with Crippen LogP contribution in [-0.2, 0) is 4.79 Å². The molecule has 0 bridgehead atoms. The fourth-order valence-corrected chi connectivity index (χ4v) is 3.24. The van der Waals surface area contributed by atoms with E-state index >= 15 is 0 Å². The van der Waals surface area contributed by atoms with Crippen molar-refractivity contribution in [3.05, 3.63) is 0 Å². The Hall–Kier alpha value is -0.840. The molecule has 0 radical (unpaired) electrons. The Labute approximate surface area is 114 Å². The predicted octanol–water partition coefficient (Wildman–Crippen LogP) is 1.39. The lowest BCUT2D eigenvalue weighted by Crippen LogP contribution is -2.50. The summed E-state index contributed by atoms with van der Waals surface area (Å²) >= 11 is 5.46. The van der Waals surface area contributed by atoms with Crippen molar-refractivity contribution in [2.75, 3.05) is 13.1 Å². The molecule has 1 aliphatic carbocycles. The number of carbonyl (C=O) groups excluding carboxylic acids is 1. The van der Waals surface area contributed by atoms with E-state index in [1.54, 1.807) is 0 Å². The zero-order valence-electron chi connectivity index (χ0n) is 10.9. The van der Waals surface area contributed by atoms with Crippen LogP contribution in [0.3, 0.4) is 0 Å². The second-order valence-electron chi connectivity index (χ2n) is 5.47. The van der Waals surface area contributed by atoms with Crippen molar-refractivity contribution in [1.29, 1.82) is 0 Å². The van der Waals surface area contributed by atoms with Crippen molar-refractivity contribution in [2.45, 2.75) is 51.0 Å². The van der Waals surface area contributed by atoms with Crippen LogP contribution in [0.1, 0.15) is 44.9 Å². The van der Waals surface area contributed by atoms with Crippen molar-refractivity contribution >= 4 is 23.2 Å². The van der Waals surface area contributed by atoms with Gasteiger partial charge in [0.05, 0.1) is 5.92 Å². The molecule has 3 N–H and O–H groups in total. The molecular formula is C13H23N3OS. The SMILES string of the molecule is NC(=O)[C@@H]1CCCN(C(=S)NC2CCCCC2)C1. The van der Waals surface area contributed by atoms with Crippen molar-refractivity contribution in [2.24, 2.45) is 11.7 Å². The summed E-state index contributed by atoms with van der Waals surface area (Å²) in [7, 11) is 0.